The topological polar surface area (TPSA) is 66.4 Å². The first-order valence-corrected chi connectivity index (χ1v) is 9.75. The van der Waals surface area contributed by atoms with E-state index >= 15 is 0 Å². The molecular formula is C23H25NO3. The van der Waals surface area contributed by atoms with E-state index in [0.717, 1.165) is 36.0 Å². The van der Waals surface area contributed by atoms with Gasteiger partial charge in [0, 0.05) is 23.1 Å². The van der Waals surface area contributed by atoms with Crippen LogP contribution in [0.15, 0.2) is 42.5 Å². The Labute approximate surface area is 159 Å². The summed E-state index contributed by atoms with van der Waals surface area (Å²) in [5, 5.41) is 12.7. The van der Waals surface area contributed by atoms with Crippen LogP contribution in [0.3, 0.4) is 0 Å². The molecule has 140 valence electrons. The van der Waals surface area contributed by atoms with E-state index in [-0.39, 0.29) is 23.7 Å². The third-order valence-corrected chi connectivity index (χ3v) is 5.67. The summed E-state index contributed by atoms with van der Waals surface area (Å²) in [6.07, 6.45) is 3.83. The van der Waals surface area contributed by atoms with Gasteiger partial charge in [0.2, 0.25) is 0 Å². The number of carbonyl (C=O) groups is 2. The smallest absolute Gasteiger partial charge is 0.251 e. The molecule has 2 aliphatic rings. The highest BCUT2D eigenvalue weighted by molar-refractivity contribution is 5.99. The van der Waals surface area contributed by atoms with Crippen molar-refractivity contribution in [2.75, 3.05) is 0 Å². The lowest BCUT2D eigenvalue weighted by atomic mass is 9.93. The molecule has 0 saturated heterocycles. The van der Waals surface area contributed by atoms with Crippen molar-refractivity contribution in [3.63, 3.8) is 0 Å². The molecule has 2 fully saturated rings. The summed E-state index contributed by atoms with van der Waals surface area (Å²) in [6, 6.07) is 13.7. The number of nitrogens with one attached hydrogen (secondary N) is 1. The maximum atomic E-state index is 12.6. The molecule has 0 radical (unpaired) electrons. The summed E-state index contributed by atoms with van der Waals surface area (Å²) in [6.45, 7) is 2.02. The van der Waals surface area contributed by atoms with Crippen LogP contribution in [0.25, 0.3) is 11.1 Å². The molecule has 0 bridgehead atoms. The van der Waals surface area contributed by atoms with E-state index in [1.807, 2.05) is 49.4 Å². The summed E-state index contributed by atoms with van der Waals surface area (Å²) < 4.78 is 0. The fourth-order valence-corrected chi connectivity index (χ4v) is 3.82. The third kappa shape index (κ3) is 3.96. The maximum Gasteiger partial charge on any atom is 0.251 e. The molecule has 2 atom stereocenters. The Bertz CT molecular complexity index is 868. The number of aliphatic hydroxyl groups is 1. The highest BCUT2D eigenvalue weighted by Crippen LogP contribution is 2.30. The average molecular weight is 363 g/mol. The van der Waals surface area contributed by atoms with Gasteiger partial charge in [0.1, 0.15) is 0 Å². The number of ketones is 1. The average Bonchev–Trinajstić information content (AvgIpc) is 3.38. The lowest BCUT2D eigenvalue weighted by Crippen LogP contribution is -2.25. The molecule has 2 aromatic rings. The maximum absolute atomic E-state index is 12.6. The van der Waals surface area contributed by atoms with Gasteiger partial charge >= 0.3 is 0 Å². The Morgan fingerprint density at radius 2 is 1.67 bits per heavy atom. The van der Waals surface area contributed by atoms with E-state index in [4.69, 9.17) is 0 Å². The summed E-state index contributed by atoms with van der Waals surface area (Å²) in [4.78, 5) is 24.9. The van der Waals surface area contributed by atoms with E-state index < -0.39 is 0 Å². The zero-order chi connectivity index (χ0) is 19.0. The molecule has 4 nitrogen and oxygen atoms in total. The van der Waals surface area contributed by atoms with Gasteiger partial charge in [-0.3, -0.25) is 9.59 Å². The number of Topliss-reactive ketones (excluding diaryl/α,β-unsaturated/α-hetero) is 1. The van der Waals surface area contributed by atoms with Crippen LogP contribution in [-0.4, -0.2) is 28.9 Å². The number of hydrogen-bond acceptors (Lipinski definition) is 3. The lowest BCUT2D eigenvalue weighted by Gasteiger charge is -2.12. The largest absolute Gasteiger partial charge is 0.393 e. The van der Waals surface area contributed by atoms with Crippen LogP contribution in [0, 0.1) is 12.8 Å². The number of benzene rings is 2. The van der Waals surface area contributed by atoms with Gasteiger partial charge in [0.25, 0.3) is 5.91 Å². The van der Waals surface area contributed by atoms with E-state index in [1.165, 1.54) is 0 Å². The predicted molar refractivity (Wildman–Crippen MR) is 105 cm³/mol. The van der Waals surface area contributed by atoms with Crippen molar-refractivity contribution in [2.45, 2.75) is 51.2 Å². The standard InChI is InChI=1S/C23H25NO3/c1-14-2-3-18(23(27)24-19-9-10-19)13-21(14)15-4-6-16(7-5-15)22(26)17-8-11-20(25)12-17/h2-7,13,17,19-20,25H,8-12H2,1H3,(H,24,27). The van der Waals surface area contributed by atoms with Gasteiger partial charge < -0.3 is 10.4 Å². The van der Waals surface area contributed by atoms with Gasteiger partial charge in [0.15, 0.2) is 5.78 Å². The molecule has 2 aromatic carbocycles. The van der Waals surface area contributed by atoms with E-state index in [2.05, 4.69) is 5.32 Å². The second-order valence-electron chi connectivity index (χ2n) is 7.88. The van der Waals surface area contributed by atoms with Gasteiger partial charge in [-0.25, -0.2) is 0 Å². The number of aliphatic hydroxyl groups excluding tert-OH is 1. The van der Waals surface area contributed by atoms with Gasteiger partial charge in [-0.05, 0) is 67.9 Å². The van der Waals surface area contributed by atoms with Crippen molar-refractivity contribution < 1.29 is 14.7 Å². The van der Waals surface area contributed by atoms with Crippen LogP contribution >= 0.6 is 0 Å². The molecule has 2 saturated carbocycles. The van der Waals surface area contributed by atoms with Crippen molar-refractivity contribution >= 4 is 11.7 Å². The molecule has 2 N–H and O–H groups in total. The summed E-state index contributed by atoms with van der Waals surface area (Å²) in [5.41, 5.74) is 4.46. The van der Waals surface area contributed by atoms with Gasteiger partial charge in [0.05, 0.1) is 6.10 Å². The summed E-state index contributed by atoms with van der Waals surface area (Å²) in [7, 11) is 0. The first kappa shape index (κ1) is 17.9. The number of amides is 1. The van der Waals surface area contributed by atoms with Crippen LogP contribution in [0.2, 0.25) is 0 Å². The van der Waals surface area contributed by atoms with E-state index in [1.54, 1.807) is 0 Å². The van der Waals surface area contributed by atoms with Crippen molar-refractivity contribution in [3.8, 4) is 11.1 Å². The Hall–Kier alpha value is -2.46. The Morgan fingerprint density at radius 3 is 2.30 bits per heavy atom. The molecule has 2 unspecified atom stereocenters. The zero-order valence-corrected chi connectivity index (χ0v) is 15.6. The second kappa shape index (κ2) is 7.28. The molecule has 0 spiro atoms. The molecule has 0 aliphatic heterocycles. The fourth-order valence-electron chi connectivity index (χ4n) is 3.82. The van der Waals surface area contributed by atoms with Gasteiger partial charge in [-0.2, -0.15) is 0 Å². The van der Waals surface area contributed by atoms with Crippen LogP contribution in [-0.2, 0) is 0 Å². The number of hydrogen-bond donors (Lipinski definition) is 2. The molecule has 27 heavy (non-hydrogen) atoms. The van der Waals surface area contributed by atoms with Gasteiger partial charge in [-0.15, -0.1) is 0 Å². The number of aryl methyl sites for hydroxylation is 1. The molecule has 4 rings (SSSR count). The van der Waals surface area contributed by atoms with Crippen LogP contribution in [0.4, 0.5) is 0 Å². The first-order valence-electron chi connectivity index (χ1n) is 9.75. The zero-order valence-electron chi connectivity index (χ0n) is 15.6. The second-order valence-corrected chi connectivity index (χ2v) is 7.88. The molecule has 2 aliphatic carbocycles. The number of rotatable bonds is 5. The quantitative estimate of drug-likeness (QED) is 0.792. The minimum Gasteiger partial charge on any atom is -0.393 e. The normalized spacial score (nSPS) is 21.9. The molecular weight excluding hydrogens is 338 g/mol. The fraction of sp³-hybridized carbons (Fsp3) is 0.391. The van der Waals surface area contributed by atoms with Crippen molar-refractivity contribution in [1.82, 2.24) is 5.32 Å². The molecule has 4 heteroatoms. The van der Waals surface area contributed by atoms with Crippen LogP contribution in [0.5, 0.6) is 0 Å². The van der Waals surface area contributed by atoms with Crippen molar-refractivity contribution in [3.05, 3.63) is 59.2 Å². The molecule has 0 aromatic heterocycles. The highest BCUT2D eigenvalue weighted by Gasteiger charge is 2.29. The van der Waals surface area contributed by atoms with Gasteiger partial charge in [-0.1, -0.05) is 30.3 Å². The Kier molecular flexibility index (Phi) is 4.83. The van der Waals surface area contributed by atoms with E-state index in [0.29, 0.717) is 30.0 Å². The summed E-state index contributed by atoms with van der Waals surface area (Å²) in [5.74, 6) is 0.0276. The predicted octanol–water partition coefficient (Wildman–Crippen LogP) is 3.90. The Balaban J connectivity index is 1.54. The Morgan fingerprint density at radius 1 is 0.963 bits per heavy atom. The first-order chi connectivity index (χ1) is 13.0. The van der Waals surface area contributed by atoms with Crippen molar-refractivity contribution in [1.29, 1.82) is 0 Å². The minimum absolute atomic E-state index is 0.0228. The highest BCUT2D eigenvalue weighted by atomic mass is 16.3. The van der Waals surface area contributed by atoms with E-state index in [9.17, 15) is 14.7 Å². The van der Waals surface area contributed by atoms with Crippen LogP contribution < -0.4 is 5.32 Å². The van der Waals surface area contributed by atoms with Crippen LogP contribution in [0.1, 0.15) is 58.4 Å². The molecule has 0 heterocycles. The SMILES string of the molecule is Cc1ccc(C(=O)NC2CC2)cc1-c1ccc(C(=O)C2CCC(O)C2)cc1. The number of carbonyl (C=O) groups excluding carboxylic acids is 2. The third-order valence-electron chi connectivity index (χ3n) is 5.67. The monoisotopic (exact) mass is 363 g/mol. The summed E-state index contributed by atoms with van der Waals surface area (Å²) >= 11 is 0. The lowest BCUT2D eigenvalue weighted by molar-refractivity contribution is 0.0905. The minimum atomic E-state index is -0.342. The van der Waals surface area contributed by atoms with Crippen molar-refractivity contribution in [2.24, 2.45) is 5.92 Å². The molecule has 1 amide bonds.